The van der Waals surface area contributed by atoms with Crippen LogP contribution in [0.5, 0.6) is 5.75 Å². The summed E-state index contributed by atoms with van der Waals surface area (Å²) in [5.74, 6) is -0.0249. The summed E-state index contributed by atoms with van der Waals surface area (Å²) in [6.07, 6.45) is 3.77. The molecule has 8 nitrogen and oxygen atoms in total. The maximum Gasteiger partial charge on any atom is 0.250 e. The van der Waals surface area contributed by atoms with Crippen LogP contribution in [-0.2, 0) is 26.2 Å². The molecule has 0 radical (unpaired) electrons. The minimum atomic E-state index is -3.65. The summed E-state index contributed by atoms with van der Waals surface area (Å²) in [5.41, 5.74) is 1.19. The lowest BCUT2D eigenvalue weighted by Gasteiger charge is -2.21. The standard InChI is InChI=1S/C23H27N3O5S2/c1-30-20-11-10-17(33(28,29)26-12-6-2-3-7-13-26)14-19(20)24-22(27)15-31-16-23-25-18-8-4-5-9-21(18)32-23/h4-5,8-11,14H,2-3,6-7,12-13,15-16H2,1H3,(H,24,27). The molecular formula is C23H27N3O5S2. The van der Waals surface area contributed by atoms with Gasteiger partial charge in [0.25, 0.3) is 0 Å². The quantitative estimate of drug-likeness (QED) is 0.513. The van der Waals surface area contributed by atoms with E-state index in [1.165, 1.54) is 34.9 Å². The first-order chi connectivity index (χ1) is 16.0. The average Bonchev–Trinajstić information content (AvgIpc) is 3.01. The van der Waals surface area contributed by atoms with E-state index < -0.39 is 15.9 Å². The van der Waals surface area contributed by atoms with Gasteiger partial charge < -0.3 is 14.8 Å². The second kappa shape index (κ2) is 10.6. The Morgan fingerprint density at radius 1 is 1.12 bits per heavy atom. The van der Waals surface area contributed by atoms with E-state index >= 15 is 0 Å². The Morgan fingerprint density at radius 2 is 1.88 bits per heavy atom. The molecule has 1 aliphatic heterocycles. The SMILES string of the molecule is COc1ccc(S(=O)(=O)N2CCCCCC2)cc1NC(=O)COCc1nc2ccccc2s1. The fraction of sp³-hybridized carbons (Fsp3) is 0.391. The molecule has 1 amide bonds. The molecule has 1 saturated heterocycles. The second-order valence-electron chi connectivity index (χ2n) is 7.80. The highest BCUT2D eigenvalue weighted by atomic mass is 32.2. The maximum absolute atomic E-state index is 13.1. The third kappa shape index (κ3) is 5.70. The number of methoxy groups -OCH3 is 1. The number of fused-ring (bicyclic) bond motifs is 1. The Morgan fingerprint density at radius 3 is 2.61 bits per heavy atom. The summed E-state index contributed by atoms with van der Waals surface area (Å²) >= 11 is 1.52. The number of aromatic nitrogens is 1. The number of thiazole rings is 1. The van der Waals surface area contributed by atoms with Crippen molar-refractivity contribution in [2.45, 2.75) is 37.2 Å². The summed E-state index contributed by atoms with van der Waals surface area (Å²) in [6.45, 7) is 1.04. The van der Waals surface area contributed by atoms with Crippen LogP contribution in [-0.4, -0.2) is 50.4 Å². The maximum atomic E-state index is 13.1. The zero-order valence-corrected chi connectivity index (χ0v) is 20.1. The first kappa shape index (κ1) is 23.6. The van der Waals surface area contributed by atoms with Crippen molar-refractivity contribution in [3.05, 3.63) is 47.5 Å². The second-order valence-corrected chi connectivity index (χ2v) is 10.8. The van der Waals surface area contributed by atoms with E-state index in [9.17, 15) is 13.2 Å². The van der Waals surface area contributed by atoms with Gasteiger partial charge in [-0.2, -0.15) is 4.31 Å². The predicted octanol–water partition coefficient (Wildman–Crippen LogP) is 4.02. The summed E-state index contributed by atoms with van der Waals surface area (Å²) < 4.78 is 39.7. The van der Waals surface area contributed by atoms with Crippen LogP contribution in [0.25, 0.3) is 10.2 Å². The third-order valence-corrected chi connectivity index (χ3v) is 8.35. The monoisotopic (exact) mass is 489 g/mol. The lowest BCUT2D eigenvalue weighted by atomic mass is 10.2. The molecule has 0 atom stereocenters. The number of amides is 1. The van der Waals surface area contributed by atoms with Crippen LogP contribution in [0.3, 0.4) is 0 Å². The lowest BCUT2D eigenvalue weighted by Crippen LogP contribution is -2.32. The van der Waals surface area contributed by atoms with Gasteiger partial charge >= 0.3 is 0 Å². The van der Waals surface area contributed by atoms with Crippen molar-refractivity contribution in [3.8, 4) is 5.75 Å². The van der Waals surface area contributed by atoms with E-state index in [1.54, 1.807) is 6.07 Å². The summed E-state index contributed by atoms with van der Waals surface area (Å²) in [4.78, 5) is 17.1. The minimum absolute atomic E-state index is 0.135. The Labute approximate surface area is 197 Å². The molecule has 0 aliphatic carbocycles. The molecule has 1 fully saturated rings. The van der Waals surface area contributed by atoms with Crippen LogP contribution >= 0.6 is 11.3 Å². The van der Waals surface area contributed by atoms with Crippen LogP contribution in [0.1, 0.15) is 30.7 Å². The molecule has 0 saturated carbocycles. The number of anilines is 1. The van der Waals surface area contributed by atoms with Gasteiger partial charge in [0.05, 0.1) is 34.5 Å². The van der Waals surface area contributed by atoms with Crippen molar-refractivity contribution in [3.63, 3.8) is 0 Å². The molecule has 4 rings (SSSR count). The first-order valence-corrected chi connectivity index (χ1v) is 13.1. The summed E-state index contributed by atoms with van der Waals surface area (Å²) in [6, 6.07) is 12.3. The van der Waals surface area contributed by atoms with E-state index in [4.69, 9.17) is 9.47 Å². The number of ether oxygens (including phenoxy) is 2. The van der Waals surface area contributed by atoms with Gasteiger partial charge in [-0.15, -0.1) is 11.3 Å². The molecule has 2 aromatic carbocycles. The Balaban J connectivity index is 1.41. The number of nitrogens with one attached hydrogen (secondary N) is 1. The third-order valence-electron chi connectivity index (χ3n) is 5.44. The van der Waals surface area contributed by atoms with Crippen LogP contribution in [0.15, 0.2) is 47.4 Å². The van der Waals surface area contributed by atoms with E-state index in [0.29, 0.717) is 24.5 Å². The van der Waals surface area contributed by atoms with Gasteiger partial charge in [0.15, 0.2) is 0 Å². The molecule has 0 bridgehead atoms. The van der Waals surface area contributed by atoms with Gasteiger partial charge in [-0.25, -0.2) is 13.4 Å². The van der Waals surface area contributed by atoms with Crippen molar-refractivity contribution < 1.29 is 22.7 Å². The molecule has 0 unspecified atom stereocenters. The number of carbonyl (C=O) groups is 1. The number of hydrogen-bond donors (Lipinski definition) is 1. The molecule has 33 heavy (non-hydrogen) atoms. The summed E-state index contributed by atoms with van der Waals surface area (Å²) in [5, 5.41) is 3.50. The largest absolute Gasteiger partial charge is 0.495 e. The Hall–Kier alpha value is -2.53. The number of hydrogen-bond acceptors (Lipinski definition) is 7. The van der Waals surface area contributed by atoms with Gasteiger partial charge in [0, 0.05) is 13.1 Å². The first-order valence-electron chi connectivity index (χ1n) is 10.9. The molecule has 1 N–H and O–H groups in total. The number of rotatable bonds is 8. The van der Waals surface area contributed by atoms with E-state index in [1.807, 2.05) is 24.3 Å². The normalized spacial score (nSPS) is 15.3. The molecule has 1 aromatic heterocycles. The Kier molecular flexibility index (Phi) is 7.59. The van der Waals surface area contributed by atoms with Crippen LogP contribution < -0.4 is 10.1 Å². The fourth-order valence-corrected chi connectivity index (χ4v) is 6.22. The molecule has 2 heterocycles. The lowest BCUT2D eigenvalue weighted by molar-refractivity contribution is -0.121. The highest BCUT2D eigenvalue weighted by Crippen LogP contribution is 2.30. The minimum Gasteiger partial charge on any atom is -0.495 e. The molecule has 1 aliphatic rings. The highest BCUT2D eigenvalue weighted by molar-refractivity contribution is 7.89. The van der Waals surface area contributed by atoms with Crippen LogP contribution in [0.2, 0.25) is 0 Å². The molecule has 3 aromatic rings. The zero-order valence-electron chi connectivity index (χ0n) is 18.5. The van der Waals surface area contributed by atoms with E-state index in [0.717, 1.165) is 40.9 Å². The molecule has 10 heteroatoms. The van der Waals surface area contributed by atoms with Crippen molar-refractivity contribution >= 4 is 43.2 Å². The van der Waals surface area contributed by atoms with Crippen molar-refractivity contribution in [1.82, 2.24) is 9.29 Å². The van der Waals surface area contributed by atoms with Gasteiger partial charge in [-0.1, -0.05) is 25.0 Å². The number of benzene rings is 2. The number of para-hydroxylation sites is 1. The van der Waals surface area contributed by atoms with E-state index in [-0.39, 0.29) is 18.1 Å². The van der Waals surface area contributed by atoms with Crippen molar-refractivity contribution in [1.29, 1.82) is 0 Å². The zero-order chi connectivity index (χ0) is 23.3. The van der Waals surface area contributed by atoms with Crippen LogP contribution in [0.4, 0.5) is 5.69 Å². The van der Waals surface area contributed by atoms with Gasteiger partial charge in [0.2, 0.25) is 15.9 Å². The van der Waals surface area contributed by atoms with Gasteiger partial charge in [-0.3, -0.25) is 4.79 Å². The number of sulfonamides is 1. The number of carbonyl (C=O) groups excluding carboxylic acids is 1. The van der Waals surface area contributed by atoms with Gasteiger partial charge in [-0.05, 0) is 43.2 Å². The molecule has 0 spiro atoms. The van der Waals surface area contributed by atoms with Crippen molar-refractivity contribution in [2.24, 2.45) is 0 Å². The molecular weight excluding hydrogens is 462 g/mol. The van der Waals surface area contributed by atoms with Crippen LogP contribution in [0, 0.1) is 0 Å². The highest BCUT2D eigenvalue weighted by Gasteiger charge is 2.26. The Bertz CT molecular complexity index is 1180. The topological polar surface area (TPSA) is 97.8 Å². The summed E-state index contributed by atoms with van der Waals surface area (Å²) in [7, 11) is -2.18. The van der Waals surface area contributed by atoms with Crippen molar-refractivity contribution in [2.75, 3.05) is 32.1 Å². The average molecular weight is 490 g/mol. The smallest absolute Gasteiger partial charge is 0.250 e. The van der Waals surface area contributed by atoms with E-state index in [2.05, 4.69) is 10.3 Å². The fourth-order valence-electron chi connectivity index (χ4n) is 3.78. The predicted molar refractivity (Wildman–Crippen MR) is 128 cm³/mol. The number of nitrogens with zero attached hydrogens (tertiary/aromatic N) is 2. The van der Waals surface area contributed by atoms with Gasteiger partial charge in [0.1, 0.15) is 17.4 Å². The molecule has 176 valence electrons.